The molecule has 0 heterocycles. The predicted octanol–water partition coefficient (Wildman–Crippen LogP) is 5.30. The lowest BCUT2D eigenvalue weighted by Gasteiger charge is -2.16. The number of hydrogen-bond acceptors (Lipinski definition) is 4. The molecule has 1 aliphatic carbocycles. The number of sulfonamides is 1. The summed E-state index contributed by atoms with van der Waals surface area (Å²) in [5.74, 6) is -11.1. The molecule has 0 bridgehead atoms. The molecule has 0 unspecified atom stereocenters. The van der Waals surface area contributed by atoms with Crippen LogP contribution in [0.4, 0.5) is 27.6 Å². The summed E-state index contributed by atoms with van der Waals surface area (Å²) in [5, 5.41) is 0. The zero-order valence-electron chi connectivity index (χ0n) is 16.7. The van der Waals surface area contributed by atoms with Gasteiger partial charge in [-0.15, -0.1) is 0 Å². The molecule has 1 fully saturated rings. The zero-order chi connectivity index (χ0) is 23.8. The minimum Gasteiger partial charge on any atom is -0.486 e. The standard InChI is InChI=1S/C22H16F5NO4S/c23-15-10-13(6-9-16(15)31-11-12-4-2-1-3-5-12)28-33(29,30)22-20(27)18(25)17(24)19(26)21(22)32-14-7-8-14/h1-6,9-10,14,28H,7-8,11H2. The molecule has 0 spiro atoms. The maximum Gasteiger partial charge on any atom is 0.268 e. The average Bonchev–Trinajstić information content (AvgIpc) is 3.60. The monoisotopic (exact) mass is 485 g/mol. The molecule has 11 heteroatoms. The molecule has 33 heavy (non-hydrogen) atoms. The first-order valence-electron chi connectivity index (χ1n) is 9.69. The van der Waals surface area contributed by atoms with Gasteiger partial charge in [0.1, 0.15) is 6.61 Å². The van der Waals surface area contributed by atoms with Crippen LogP contribution in [-0.2, 0) is 16.6 Å². The zero-order valence-corrected chi connectivity index (χ0v) is 17.6. The lowest BCUT2D eigenvalue weighted by atomic mass is 10.2. The molecule has 0 aromatic heterocycles. The van der Waals surface area contributed by atoms with Crippen molar-refractivity contribution >= 4 is 15.7 Å². The quantitative estimate of drug-likeness (QED) is 0.267. The van der Waals surface area contributed by atoms with Crippen LogP contribution < -0.4 is 14.2 Å². The van der Waals surface area contributed by atoms with Crippen molar-refractivity contribution in [2.24, 2.45) is 0 Å². The summed E-state index contributed by atoms with van der Waals surface area (Å²) in [6.45, 7) is 0.0457. The highest BCUT2D eigenvalue weighted by Gasteiger charge is 2.37. The molecular formula is C22H16F5NO4S. The van der Waals surface area contributed by atoms with Crippen LogP contribution in [0.1, 0.15) is 18.4 Å². The van der Waals surface area contributed by atoms with E-state index < -0.39 is 55.9 Å². The molecule has 4 rings (SSSR count). The summed E-state index contributed by atoms with van der Waals surface area (Å²) in [6, 6.07) is 11.8. The first-order valence-corrected chi connectivity index (χ1v) is 11.2. The summed E-state index contributed by atoms with van der Waals surface area (Å²) >= 11 is 0. The fourth-order valence-corrected chi connectivity index (χ4v) is 4.16. The Balaban J connectivity index is 1.61. The van der Waals surface area contributed by atoms with Crippen LogP contribution in [0.15, 0.2) is 53.4 Å². The number of rotatable bonds is 8. The Morgan fingerprint density at radius 2 is 1.55 bits per heavy atom. The summed E-state index contributed by atoms with van der Waals surface area (Å²) in [7, 11) is -5.04. The molecule has 0 radical (unpaired) electrons. The van der Waals surface area contributed by atoms with Crippen LogP contribution >= 0.6 is 0 Å². The second-order valence-corrected chi connectivity index (χ2v) is 8.88. The van der Waals surface area contributed by atoms with Crippen molar-refractivity contribution in [1.82, 2.24) is 0 Å². The Kier molecular flexibility index (Phi) is 6.15. The summed E-state index contributed by atoms with van der Waals surface area (Å²) < 4.78 is 108. The lowest BCUT2D eigenvalue weighted by molar-refractivity contribution is 0.262. The van der Waals surface area contributed by atoms with E-state index >= 15 is 0 Å². The van der Waals surface area contributed by atoms with Crippen LogP contribution in [0.3, 0.4) is 0 Å². The number of anilines is 1. The maximum absolute atomic E-state index is 14.4. The molecule has 174 valence electrons. The van der Waals surface area contributed by atoms with Crippen LogP contribution in [0, 0.1) is 29.1 Å². The first kappa shape index (κ1) is 22.8. The lowest BCUT2D eigenvalue weighted by Crippen LogP contribution is -2.19. The fourth-order valence-electron chi connectivity index (χ4n) is 2.91. The summed E-state index contributed by atoms with van der Waals surface area (Å²) in [4.78, 5) is -1.55. The van der Waals surface area contributed by atoms with E-state index in [0.717, 1.165) is 23.8 Å². The first-order chi connectivity index (χ1) is 15.7. The van der Waals surface area contributed by atoms with Gasteiger partial charge >= 0.3 is 0 Å². The van der Waals surface area contributed by atoms with Gasteiger partial charge in [-0.1, -0.05) is 30.3 Å². The van der Waals surface area contributed by atoms with E-state index in [1.54, 1.807) is 30.3 Å². The van der Waals surface area contributed by atoms with E-state index in [-0.39, 0.29) is 18.0 Å². The van der Waals surface area contributed by atoms with Crippen LogP contribution in [0.25, 0.3) is 0 Å². The molecule has 1 saturated carbocycles. The van der Waals surface area contributed by atoms with Crippen LogP contribution in [-0.4, -0.2) is 14.5 Å². The van der Waals surface area contributed by atoms with E-state index in [0.29, 0.717) is 12.8 Å². The number of benzene rings is 3. The second-order valence-electron chi connectivity index (χ2n) is 7.26. The van der Waals surface area contributed by atoms with Gasteiger partial charge in [0.15, 0.2) is 33.8 Å². The van der Waals surface area contributed by atoms with Gasteiger partial charge in [-0.05, 0) is 30.5 Å². The van der Waals surface area contributed by atoms with Crippen molar-refractivity contribution in [3.8, 4) is 11.5 Å². The van der Waals surface area contributed by atoms with Crippen molar-refractivity contribution < 1.29 is 39.8 Å². The third-order valence-electron chi connectivity index (χ3n) is 4.68. The Morgan fingerprint density at radius 1 is 0.879 bits per heavy atom. The highest BCUT2D eigenvalue weighted by Crippen LogP contribution is 2.38. The molecule has 1 N–H and O–H groups in total. The topological polar surface area (TPSA) is 64.6 Å². The molecule has 0 atom stereocenters. The Hall–Kier alpha value is -3.34. The molecule has 0 saturated heterocycles. The molecule has 3 aromatic carbocycles. The minimum absolute atomic E-state index is 0.0457. The smallest absolute Gasteiger partial charge is 0.268 e. The Bertz CT molecular complexity index is 1300. The average molecular weight is 485 g/mol. The maximum atomic E-state index is 14.4. The van der Waals surface area contributed by atoms with Gasteiger partial charge in [0.25, 0.3) is 10.0 Å². The predicted molar refractivity (Wildman–Crippen MR) is 108 cm³/mol. The van der Waals surface area contributed by atoms with Crippen LogP contribution in [0.2, 0.25) is 0 Å². The van der Waals surface area contributed by atoms with Crippen molar-refractivity contribution in [2.45, 2.75) is 30.4 Å². The highest BCUT2D eigenvalue weighted by atomic mass is 32.2. The van der Waals surface area contributed by atoms with E-state index in [9.17, 15) is 30.4 Å². The number of ether oxygens (including phenoxy) is 2. The highest BCUT2D eigenvalue weighted by molar-refractivity contribution is 7.92. The Labute approximate surface area is 185 Å². The third-order valence-corrected chi connectivity index (χ3v) is 6.09. The third kappa shape index (κ3) is 4.87. The van der Waals surface area contributed by atoms with E-state index in [1.165, 1.54) is 0 Å². The van der Waals surface area contributed by atoms with Crippen LogP contribution in [0.5, 0.6) is 11.5 Å². The van der Waals surface area contributed by atoms with Gasteiger partial charge in [0.05, 0.1) is 11.8 Å². The normalized spacial score (nSPS) is 13.6. The van der Waals surface area contributed by atoms with Gasteiger partial charge in [0.2, 0.25) is 11.6 Å². The van der Waals surface area contributed by atoms with E-state index in [4.69, 9.17) is 9.47 Å². The minimum atomic E-state index is -5.04. The van der Waals surface area contributed by atoms with Crippen molar-refractivity contribution in [2.75, 3.05) is 4.72 Å². The molecule has 3 aromatic rings. The van der Waals surface area contributed by atoms with Gasteiger partial charge < -0.3 is 9.47 Å². The van der Waals surface area contributed by atoms with Gasteiger partial charge in [-0.2, -0.15) is 4.39 Å². The van der Waals surface area contributed by atoms with Crippen molar-refractivity contribution in [3.05, 3.63) is 83.2 Å². The number of nitrogens with one attached hydrogen (secondary N) is 1. The largest absolute Gasteiger partial charge is 0.486 e. The number of hydrogen-bond donors (Lipinski definition) is 1. The second kappa shape index (κ2) is 8.89. The molecule has 0 amide bonds. The SMILES string of the molecule is O=S(=O)(Nc1ccc(OCc2ccccc2)c(F)c1)c1c(F)c(F)c(F)c(F)c1OC1CC1. The fraction of sp³-hybridized carbons (Fsp3) is 0.182. The molecule has 5 nitrogen and oxygen atoms in total. The van der Waals surface area contributed by atoms with Gasteiger partial charge in [-0.25, -0.2) is 26.0 Å². The van der Waals surface area contributed by atoms with E-state index in [1.807, 2.05) is 4.72 Å². The van der Waals surface area contributed by atoms with Crippen molar-refractivity contribution in [1.29, 1.82) is 0 Å². The number of halogens is 5. The molecule has 1 aliphatic rings. The van der Waals surface area contributed by atoms with Gasteiger partial charge in [0, 0.05) is 6.07 Å². The Morgan fingerprint density at radius 3 is 2.18 bits per heavy atom. The molecule has 0 aliphatic heterocycles. The van der Waals surface area contributed by atoms with Gasteiger partial charge in [-0.3, -0.25) is 4.72 Å². The summed E-state index contributed by atoms with van der Waals surface area (Å²) in [5.41, 5.74) is 0.377. The molecular weight excluding hydrogens is 469 g/mol. The summed E-state index contributed by atoms with van der Waals surface area (Å²) in [6.07, 6.45) is 0.154. The van der Waals surface area contributed by atoms with E-state index in [2.05, 4.69) is 0 Å². The van der Waals surface area contributed by atoms with Crippen molar-refractivity contribution in [3.63, 3.8) is 0 Å².